The van der Waals surface area contributed by atoms with Gasteiger partial charge in [-0.05, 0) is 93.9 Å². The van der Waals surface area contributed by atoms with E-state index in [1.165, 1.54) is 37.9 Å². The molecular weight excluding hydrogens is 733 g/mol. The van der Waals surface area contributed by atoms with Crippen molar-refractivity contribution >= 4 is 110 Å². The Morgan fingerprint density at radius 1 is 0.333 bits per heavy atom. The number of fused-ring (bicyclic) bond motifs is 6. The van der Waals surface area contributed by atoms with E-state index >= 15 is 0 Å². The lowest BCUT2D eigenvalue weighted by atomic mass is 9.83. The van der Waals surface area contributed by atoms with Crippen LogP contribution in [0, 0.1) is 0 Å². The number of benzene rings is 10. The highest BCUT2D eigenvalue weighted by atomic mass is 16.3. The first-order valence-corrected chi connectivity index (χ1v) is 20.7. The zero-order chi connectivity index (χ0) is 40.1. The van der Waals surface area contributed by atoms with Gasteiger partial charge in [0.15, 0.2) is 0 Å². The zero-order valence-corrected chi connectivity index (χ0v) is 33.6. The molecule has 0 aliphatic rings. The van der Waals surface area contributed by atoms with Crippen molar-refractivity contribution in [3.63, 3.8) is 0 Å². The van der Waals surface area contributed by atoms with Gasteiger partial charge in [-0.3, -0.25) is 0 Å². The van der Waals surface area contributed by atoms with Gasteiger partial charge in [0.2, 0.25) is 0 Å². The fourth-order valence-corrected chi connectivity index (χ4v) is 9.54. The summed E-state index contributed by atoms with van der Waals surface area (Å²) in [5.74, 6) is 0. The predicted molar refractivity (Wildman–Crippen MR) is 253 cm³/mol. The molecule has 0 saturated heterocycles. The van der Waals surface area contributed by atoms with E-state index in [-0.39, 0.29) is 5.41 Å². The Bertz CT molecular complexity index is 3370. The number of hydrogen-bond donors (Lipinski definition) is 0. The monoisotopic (exact) mass is 772 g/mol. The molecule has 60 heavy (non-hydrogen) atoms. The van der Waals surface area contributed by atoms with Crippen molar-refractivity contribution < 1.29 is 8.83 Å². The van der Waals surface area contributed by atoms with Gasteiger partial charge in [-0.2, -0.15) is 0 Å². The molecule has 0 aliphatic carbocycles. The summed E-state index contributed by atoms with van der Waals surface area (Å²) >= 11 is 0. The summed E-state index contributed by atoms with van der Waals surface area (Å²) in [5.41, 5.74) is 11.1. The Hall–Kier alpha value is -7.56. The van der Waals surface area contributed by atoms with Gasteiger partial charge in [-0.15, -0.1) is 0 Å². The number of para-hydroxylation sites is 4. The summed E-state index contributed by atoms with van der Waals surface area (Å²) in [6, 6.07) is 67.7. The highest BCUT2D eigenvalue weighted by Crippen LogP contribution is 2.53. The SMILES string of the molecule is CC(C)(C)c1cc2ccc3c(N(c4ccccc4)c4cccc5oc6ccccc6c45)cc(N(c4ccccc4)c4cccc5oc6ccccc6c45)c4ccc(c1)c2c34. The minimum absolute atomic E-state index is 0.00686. The first-order valence-electron chi connectivity index (χ1n) is 20.7. The molecule has 12 aromatic rings. The van der Waals surface area contributed by atoms with Gasteiger partial charge in [0, 0.05) is 38.3 Å². The molecule has 2 heterocycles. The van der Waals surface area contributed by atoms with Gasteiger partial charge in [0.05, 0.1) is 33.5 Å². The highest BCUT2D eigenvalue weighted by Gasteiger charge is 2.28. The minimum Gasteiger partial charge on any atom is -0.456 e. The second-order valence-corrected chi connectivity index (χ2v) is 16.9. The quantitative estimate of drug-likeness (QED) is 0.158. The van der Waals surface area contributed by atoms with Crippen LogP contribution in [0.2, 0.25) is 0 Å². The van der Waals surface area contributed by atoms with Crippen LogP contribution in [0.25, 0.3) is 76.2 Å². The summed E-state index contributed by atoms with van der Waals surface area (Å²) < 4.78 is 13.1. The van der Waals surface area contributed by atoms with Crippen molar-refractivity contribution in [2.45, 2.75) is 26.2 Å². The molecule has 4 nitrogen and oxygen atoms in total. The normalized spacial score (nSPS) is 12.2. The van der Waals surface area contributed by atoms with Gasteiger partial charge in [0.25, 0.3) is 0 Å². The van der Waals surface area contributed by atoms with Gasteiger partial charge in [0.1, 0.15) is 22.3 Å². The van der Waals surface area contributed by atoms with E-state index in [4.69, 9.17) is 8.83 Å². The van der Waals surface area contributed by atoms with Gasteiger partial charge >= 0.3 is 0 Å². The number of anilines is 6. The first kappa shape index (κ1) is 34.5. The first-order chi connectivity index (χ1) is 29.4. The fraction of sp³-hybridized carbons (Fsp3) is 0.0714. The van der Waals surface area contributed by atoms with E-state index in [0.29, 0.717) is 0 Å². The maximum atomic E-state index is 6.54. The summed E-state index contributed by atoms with van der Waals surface area (Å²) in [7, 11) is 0. The van der Waals surface area contributed by atoms with Crippen LogP contribution in [0.5, 0.6) is 0 Å². The van der Waals surface area contributed by atoms with E-state index in [1.807, 2.05) is 12.1 Å². The largest absolute Gasteiger partial charge is 0.456 e. The molecule has 0 N–H and O–H groups in total. The Balaban J connectivity index is 1.26. The van der Waals surface area contributed by atoms with Crippen LogP contribution in [0.15, 0.2) is 197 Å². The molecule has 0 atom stereocenters. The number of furan rings is 2. The van der Waals surface area contributed by atoms with Crippen LogP contribution < -0.4 is 9.80 Å². The Kier molecular flexibility index (Phi) is 7.45. The second kappa shape index (κ2) is 13.0. The summed E-state index contributed by atoms with van der Waals surface area (Å²) in [5, 5.41) is 11.6. The molecule has 0 unspecified atom stereocenters. The molecule has 0 amide bonds. The van der Waals surface area contributed by atoms with Crippen LogP contribution in [-0.4, -0.2) is 0 Å². The summed E-state index contributed by atoms with van der Waals surface area (Å²) in [6.07, 6.45) is 0. The van der Waals surface area contributed by atoms with Gasteiger partial charge < -0.3 is 18.6 Å². The van der Waals surface area contributed by atoms with Crippen molar-refractivity contribution in [2.75, 3.05) is 9.80 Å². The van der Waals surface area contributed by atoms with E-state index in [0.717, 1.165) is 78.0 Å². The Morgan fingerprint density at radius 3 is 1.23 bits per heavy atom. The zero-order valence-electron chi connectivity index (χ0n) is 33.6. The highest BCUT2D eigenvalue weighted by molar-refractivity contribution is 6.30. The minimum atomic E-state index is -0.00686. The maximum Gasteiger partial charge on any atom is 0.137 e. The molecule has 0 fully saturated rings. The average molecular weight is 773 g/mol. The van der Waals surface area contributed by atoms with Crippen molar-refractivity contribution in [3.8, 4) is 0 Å². The molecule has 0 bridgehead atoms. The van der Waals surface area contributed by atoms with E-state index in [1.54, 1.807) is 0 Å². The molecule has 286 valence electrons. The third kappa shape index (κ3) is 5.17. The summed E-state index contributed by atoms with van der Waals surface area (Å²) in [6.45, 7) is 6.89. The lowest BCUT2D eigenvalue weighted by Crippen LogP contribution is -2.15. The van der Waals surface area contributed by atoms with Gasteiger partial charge in [-0.1, -0.05) is 142 Å². The Labute approximate surface area is 347 Å². The van der Waals surface area contributed by atoms with E-state index < -0.39 is 0 Å². The molecule has 0 saturated carbocycles. The topological polar surface area (TPSA) is 32.8 Å². The van der Waals surface area contributed by atoms with Crippen LogP contribution in [0.1, 0.15) is 26.3 Å². The van der Waals surface area contributed by atoms with Crippen LogP contribution in [0.4, 0.5) is 34.1 Å². The predicted octanol–water partition coefficient (Wildman–Crippen LogP) is 16.6. The van der Waals surface area contributed by atoms with Crippen LogP contribution >= 0.6 is 0 Å². The van der Waals surface area contributed by atoms with Crippen molar-refractivity contribution in [1.82, 2.24) is 0 Å². The van der Waals surface area contributed by atoms with Crippen LogP contribution in [0.3, 0.4) is 0 Å². The Morgan fingerprint density at radius 2 is 0.767 bits per heavy atom. The number of hydrogen-bond acceptors (Lipinski definition) is 4. The fourth-order valence-electron chi connectivity index (χ4n) is 9.54. The van der Waals surface area contributed by atoms with E-state index in [9.17, 15) is 0 Å². The molecule has 0 radical (unpaired) electrons. The van der Waals surface area contributed by atoms with Crippen molar-refractivity contribution in [3.05, 3.63) is 194 Å². The molecule has 0 aliphatic heterocycles. The molecule has 10 aromatic carbocycles. The standard InChI is InChI=1S/C56H40N2O2/c1-56(2,3)37-32-35-28-30-40-46(57(38-16-6-4-7-17-38)44-22-14-26-50-54(44)42-20-10-12-24-48(42)59-50)34-47(41-31-29-36(33-37)52(35)53(40)41)58(39-18-8-5-9-19-39)45-23-15-27-51-55(45)43-21-11-13-25-49(43)60-51/h4-34H,1-3H3. The lowest BCUT2D eigenvalue weighted by molar-refractivity contribution is 0.591. The average Bonchev–Trinajstić information content (AvgIpc) is 3.86. The molecular formula is C56H40N2O2. The number of rotatable bonds is 6. The van der Waals surface area contributed by atoms with E-state index in [2.05, 4.69) is 206 Å². The van der Waals surface area contributed by atoms with Crippen molar-refractivity contribution in [2.24, 2.45) is 0 Å². The summed E-state index contributed by atoms with van der Waals surface area (Å²) in [4.78, 5) is 4.88. The molecule has 2 aromatic heterocycles. The molecule has 12 rings (SSSR count). The third-order valence-corrected chi connectivity index (χ3v) is 12.3. The smallest absolute Gasteiger partial charge is 0.137 e. The lowest BCUT2D eigenvalue weighted by Gasteiger charge is -2.33. The maximum absolute atomic E-state index is 6.54. The molecule has 4 heteroatoms. The molecule has 0 spiro atoms. The van der Waals surface area contributed by atoms with Crippen molar-refractivity contribution in [1.29, 1.82) is 0 Å². The van der Waals surface area contributed by atoms with Crippen LogP contribution in [-0.2, 0) is 5.41 Å². The number of nitrogens with zero attached hydrogens (tertiary/aromatic N) is 2. The third-order valence-electron chi connectivity index (χ3n) is 12.3. The second-order valence-electron chi connectivity index (χ2n) is 16.9. The van der Waals surface area contributed by atoms with Gasteiger partial charge in [-0.25, -0.2) is 0 Å².